The van der Waals surface area contributed by atoms with Gasteiger partial charge in [0.15, 0.2) is 6.10 Å². The summed E-state index contributed by atoms with van der Waals surface area (Å²) in [4.78, 5) is 42.8. The van der Waals surface area contributed by atoms with Crippen LogP contribution in [0, 0.1) is 0 Å². The lowest BCUT2D eigenvalue weighted by Gasteiger charge is -2.19. The van der Waals surface area contributed by atoms with Crippen molar-refractivity contribution in [2.75, 3.05) is 13.2 Å². The average Bonchev–Trinajstić information content (AvgIpc) is 3.11. The molecule has 0 saturated heterocycles. The number of aliphatic hydroxyl groups is 3. The van der Waals surface area contributed by atoms with Crippen molar-refractivity contribution in [2.24, 2.45) is 0 Å². The van der Waals surface area contributed by atoms with E-state index >= 15 is 0 Å². The molecule has 0 aliphatic heterocycles. The van der Waals surface area contributed by atoms with Gasteiger partial charge in [0.25, 0.3) is 0 Å². The van der Waals surface area contributed by atoms with E-state index in [1.165, 1.54) is 25.3 Å². The SMILES string of the molecule is CC/C=C\C[C@H](O)/C=C/C=C/C=C\C=C/[C@@H](O)[C@H](O)CCCC(=O)O[C@H](COC(=O)CCCCCCC/C=C\C/C=C\CCCCC)COP(=O)(O)O. The Balaban J connectivity index is 4.37. The van der Waals surface area contributed by atoms with Crippen LogP contribution in [0.5, 0.6) is 0 Å². The highest BCUT2D eigenvalue weighted by atomic mass is 31.2. The number of phosphoric acid groups is 1. The van der Waals surface area contributed by atoms with Crippen LogP contribution in [0.1, 0.15) is 123 Å². The molecule has 53 heavy (non-hydrogen) atoms. The number of unbranched alkanes of at least 4 members (excludes halogenated alkanes) is 8. The Kier molecular flexibility index (Phi) is 33.0. The average molecular weight is 767 g/mol. The van der Waals surface area contributed by atoms with Crippen molar-refractivity contribution >= 4 is 19.8 Å². The molecule has 0 radical (unpaired) electrons. The lowest BCUT2D eigenvalue weighted by atomic mass is 10.1. The van der Waals surface area contributed by atoms with Crippen LogP contribution in [0.15, 0.2) is 85.1 Å². The van der Waals surface area contributed by atoms with Crippen LogP contribution in [0.2, 0.25) is 0 Å². The molecule has 0 amide bonds. The highest BCUT2D eigenvalue weighted by Crippen LogP contribution is 2.36. The lowest BCUT2D eigenvalue weighted by Crippen LogP contribution is -2.29. The molecule has 11 nitrogen and oxygen atoms in total. The number of hydrogen-bond donors (Lipinski definition) is 5. The van der Waals surface area contributed by atoms with Crippen molar-refractivity contribution in [3.05, 3.63) is 85.1 Å². The predicted octanol–water partition coefficient (Wildman–Crippen LogP) is 8.20. The normalized spacial score (nSPS) is 15.2. The first-order chi connectivity index (χ1) is 25.5. The molecular weight excluding hydrogens is 699 g/mol. The number of hydrogen-bond acceptors (Lipinski definition) is 9. The maximum Gasteiger partial charge on any atom is 0.469 e. The fourth-order valence-corrected chi connectivity index (χ4v) is 5.10. The smallest absolute Gasteiger partial charge is 0.462 e. The Morgan fingerprint density at radius 2 is 1.26 bits per heavy atom. The third kappa shape index (κ3) is 35.9. The first-order valence-corrected chi connectivity index (χ1v) is 20.7. The van der Waals surface area contributed by atoms with Gasteiger partial charge in [-0.05, 0) is 64.2 Å². The summed E-state index contributed by atoms with van der Waals surface area (Å²) in [7, 11) is -4.86. The molecule has 0 saturated carbocycles. The van der Waals surface area contributed by atoms with Crippen molar-refractivity contribution in [2.45, 2.75) is 147 Å². The highest BCUT2D eigenvalue weighted by molar-refractivity contribution is 7.46. The van der Waals surface area contributed by atoms with Gasteiger partial charge >= 0.3 is 19.8 Å². The van der Waals surface area contributed by atoms with Crippen LogP contribution < -0.4 is 0 Å². The Morgan fingerprint density at radius 1 is 0.660 bits per heavy atom. The summed E-state index contributed by atoms with van der Waals surface area (Å²) in [5.74, 6) is -1.24. The van der Waals surface area contributed by atoms with Crippen molar-refractivity contribution in [3.63, 3.8) is 0 Å². The van der Waals surface area contributed by atoms with Crippen LogP contribution in [0.4, 0.5) is 0 Å². The summed E-state index contributed by atoms with van der Waals surface area (Å²) in [6.45, 7) is 3.14. The minimum atomic E-state index is -4.86. The molecule has 0 rings (SSSR count). The summed E-state index contributed by atoms with van der Waals surface area (Å²) >= 11 is 0. The van der Waals surface area contributed by atoms with E-state index in [1.807, 2.05) is 19.1 Å². The summed E-state index contributed by atoms with van der Waals surface area (Å²) in [6.07, 6.45) is 35.3. The molecule has 0 bridgehead atoms. The van der Waals surface area contributed by atoms with E-state index in [-0.39, 0.29) is 25.7 Å². The maximum absolute atomic E-state index is 12.4. The van der Waals surface area contributed by atoms with Gasteiger partial charge in [0.05, 0.1) is 24.9 Å². The third-order valence-corrected chi connectivity index (χ3v) is 8.23. The molecule has 0 fully saturated rings. The zero-order valence-electron chi connectivity index (χ0n) is 32.0. The molecular formula is C41H67O11P. The highest BCUT2D eigenvalue weighted by Gasteiger charge is 2.23. The lowest BCUT2D eigenvalue weighted by molar-refractivity contribution is -0.161. The second kappa shape index (κ2) is 34.9. The molecule has 302 valence electrons. The zero-order valence-corrected chi connectivity index (χ0v) is 32.9. The van der Waals surface area contributed by atoms with Gasteiger partial charge in [0.2, 0.25) is 0 Å². The second-order valence-electron chi connectivity index (χ2n) is 12.7. The van der Waals surface area contributed by atoms with Gasteiger partial charge in [0.1, 0.15) is 6.61 Å². The van der Waals surface area contributed by atoms with Crippen LogP contribution in [0.25, 0.3) is 0 Å². The minimum Gasteiger partial charge on any atom is -0.462 e. The minimum absolute atomic E-state index is 0.0803. The Hall–Kier alpha value is -2.89. The molecule has 0 heterocycles. The van der Waals surface area contributed by atoms with Crippen LogP contribution in [0.3, 0.4) is 0 Å². The number of carbonyl (C=O) groups is 2. The maximum atomic E-state index is 12.4. The van der Waals surface area contributed by atoms with E-state index in [1.54, 1.807) is 42.5 Å². The van der Waals surface area contributed by atoms with Gasteiger partial charge < -0.3 is 34.6 Å². The van der Waals surface area contributed by atoms with Gasteiger partial charge in [0, 0.05) is 12.8 Å². The molecule has 0 aromatic carbocycles. The van der Waals surface area contributed by atoms with E-state index in [4.69, 9.17) is 19.3 Å². The predicted molar refractivity (Wildman–Crippen MR) is 211 cm³/mol. The molecule has 0 aromatic heterocycles. The summed E-state index contributed by atoms with van der Waals surface area (Å²) in [6, 6.07) is 0. The number of ether oxygens (including phenoxy) is 2. The molecule has 12 heteroatoms. The molecule has 0 aromatic rings. The molecule has 0 aliphatic rings. The Labute approximate surface area is 318 Å². The van der Waals surface area contributed by atoms with E-state index in [9.17, 15) is 29.5 Å². The van der Waals surface area contributed by atoms with Gasteiger partial charge in [-0.25, -0.2) is 4.57 Å². The fourth-order valence-electron chi connectivity index (χ4n) is 4.74. The van der Waals surface area contributed by atoms with Gasteiger partial charge in [-0.1, -0.05) is 131 Å². The van der Waals surface area contributed by atoms with E-state index in [0.29, 0.717) is 12.8 Å². The summed E-state index contributed by atoms with van der Waals surface area (Å²) in [5.41, 5.74) is 0. The van der Waals surface area contributed by atoms with Crippen LogP contribution in [-0.4, -0.2) is 74.7 Å². The number of aliphatic hydroxyl groups excluding tert-OH is 3. The van der Waals surface area contributed by atoms with E-state index in [2.05, 4.69) is 35.8 Å². The van der Waals surface area contributed by atoms with Crippen molar-refractivity contribution in [1.29, 1.82) is 0 Å². The zero-order chi connectivity index (χ0) is 39.4. The monoisotopic (exact) mass is 766 g/mol. The quantitative estimate of drug-likeness (QED) is 0.0143. The van der Waals surface area contributed by atoms with E-state index < -0.39 is 57.4 Å². The number of carbonyl (C=O) groups excluding carboxylic acids is 2. The number of phosphoric ester groups is 1. The van der Waals surface area contributed by atoms with Gasteiger partial charge in [-0.2, -0.15) is 0 Å². The molecule has 0 spiro atoms. The molecule has 4 atom stereocenters. The topological polar surface area (TPSA) is 180 Å². The summed E-state index contributed by atoms with van der Waals surface area (Å²) in [5, 5.41) is 30.2. The van der Waals surface area contributed by atoms with Crippen molar-refractivity contribution in [1.82, 2.24) is 0 Å². The standard InChI is InChI=1S/C41H67O11P/c1-3-5-7-8-9-10-11-12-13-14-15-16-17-22-26-32-40(45)50-34-37(35-51-53(47,48)49)52-41(46)33-27-31-39(44)38(43)30-25-21-19-18-20-24-29-36(42)28-23-6-4-2/h6,9-10,12-13,18-21,23-25,29-30,36-39,42-44H,3-5,7-8,11,14-17,22,26-28,31-35H2,1-2H3,(H2,47,48,49)/b10-9-,13-12-,20-18+,21-19-,23-6-,29-24+,30-25-/t36-,37+,38+,39+/m0/s1. The molecule has 5 N–H and O–H groups in total. The number of rotatable bonds is 33. The second-order valence-corrected chi connectivity index (χ2v) is 14.0. The van der Waals surface area contributed by atoms with Gasteiger partial charge in [-0.15, -0.1) is 0 Å². The molecule has 0 aliphatic carbocycles. The number of esters is 2. The van der Waals surface area contributed by atoms with Gasteiger partial charge in [-0.3, -0.25) is 14.1 Å². The van der Waals surface area contributed by atoms with Crippen LogP contribution in [-0.2, 0) is 28.2 Å². The van der Waals surface area contributed by atoms with Crippen molar-refractivity contribution < 1.29 is 53.3 Å². The van der Waals surface area contributed by atoms with Crippen molar-refractivity contribution in [3.8, 4) is 0 Å². The van der Waals surface area contributed by atoms with E-state index in [0.717, 1.165) is 51.4 Å². The summed E-state index contributed by atoms with van der Waals surface area (Å²) < 4.78 is 26.1. The number of allylic oxidation sites excluding steroid dienone is 11. The fraction of sp³-hybridized carbons (Fsp3) is 0.610. The first kappa shape index (κ1) is 50.1. The first-order valence-electron chi connectivity index (χ1n) is 19.2. The Morgan fingerprint density at radius 3 is 1.92 bits per heavy atom. The largest absolute Gasteiger partial charge is 0.469 e. The Bertz CT molecular complexity index is 1180. The molecule has 0 unspecified atom stereocenters. The third-order valence-electron chi connectivity index (χ3n) is 7.74. The van der Waals surface area contributed by atoms with Crippen LogP contribution >= 0.6 is 7.82 Å².